The topological polar surface area (TPSA) is 36.3 Å². The molecule has 0 aromatic heterocycles. The van der Waals surface area contributed by atoms with Gasteiger partial charge in [0.05, 0.1) is 12.7 Å². The van der Waals surface area contributed by atoms with E-state index in [2.05, 4.69) is 24.9 Å². The van der Waals surface area contributed by atoms with Crippen LogP contribution in [-0.4, -0.2) is 38.8 Å². The van der Waals surface area contributed by atoms with E-state index in [1.807, 2.05) is 13.8 Å². The second-order valence-corrected chi connectivity index (χ2v) is 5.19. The Labute approximate surface area is 113 Å². The second-order valence-electron chi connectivity index (χ2n) is 5.19. The molecule has 0 heterocycles. The van der Waals surface area contributed by atoms with E-state index in [1.54, 1.807) is 7.11 Å². The summed E-state index contributed by atoms with van der Waals surface area (Å²) in [6, 6.07) is 2.36. The summed E-state index contributed by atoms with van der Waals surface area (Å²) < 4.78 is 5.26. The lowest BCUT2D eigenvalue weighted by Crippen LogP contribution is -2.30. The molecule has 106 valence electrons. The van der Waals surface area contributed by atoms with Crippen LogP contribution in [0.3, 0.4) is 0 Å². The molecule has 1 atom stereocenters. The lowest BCUT2D eigenvalue weighted by molar-refractivity contribution is 0.115. The molecule has 0 aromatic carbocycles. The highest BCUT2D eigenvalue weighted by atomic mass is 16.5. The Morgan fingerprint density at radius 2 is 2.00 bits per heavy atom. The van der Waals surface area contributed by atoms with Gasteiger partial charge in [0.15, 0.2) is 0 Å². The number of methoxy groups -OCH3 is 1. The van der Waals surface area contributed by atoms with Gasteiger partial charge in [-0.25, -0.2) is 0 Å². The van der Waals surface area contributed by atoms with Gasteiger partial charge >= 0.3 is 0 Å². The zero-order valence-corrected chi connectivity index (χ0v) is 12.8. The van der Waals surface area contributed by atoms with Crippen LogP contribution in [0.15, 0.2) is 0 Å². The summed E-state index contributed by atoms with van der Waals surface area (Å²) in [5.74, 6) is 0.222. The summed E-state index contributed by atoms with van der Waals surface area (Å²) in [7, 11) is 3.93. The van der Waals surface area contributed by atoms with Gasteiger partial charge in [0.1, 0.15) is 0 Å². The van der Waals surface area contributed by atoms with Gasteiger partial charge in [0.2, 0.25) is 0 Å². The Bertz CT molecular complexity index is 243. The first-order valence-corrected chi connectivity index (χ1v) is 7.23. The summed E-state index contributed by atoms with van der Waals surface area (Å²) in [5, 5.41) is 8.88. The average molecular weight is 254 g/mol. The molecule has 0 bridgehead atoms. The molecule has 1 rings (SSSR count). The van der Waals surface area contributed by atoms with Crippen molar-refractivity contribution < 1.29 is 4.74 Å². The zero-order chi connectivity index (χ0) is 14.0. The summed E-state index contributed by atoms with van der Waals surface area (Å²) in [6.45, 7) is 9.11. The molecule has 1 aliphatic rings. The van der Waals surface area contributed by atoms with Gasteiger partial charge in [-0.3, -0.25) is 0 Å². The largest absolute Gasteiger partial charge is 0.384 e. The van der Waals surface area contributed by atoms with Crippen LogP contribution in [0.2, 0.25) is 0 Å². The molecule has 0 amide bonds. The second kappa shape index (κ2) is 9.35. The molecule has 3 nitrogen and oxygen atoms in total. The van der Waals surface area contributed by atoms with E-state index in [0.717, 1.165) is 32.5 Å². The average Bonchev–Trinajstić information content (AvgIpc) is 3.13. The van der Waals surface area contributed by atoms with E-state index < -0.39 is 0 Å². The quantitative estimate of drug-likeness (QED) is 0.666. The first kappa shape index (κ1) is 17.4. The van der Waals surface area contributed by atoms with Gasteiger partial charge in [-0.05, 0) is 39.3 Å². The van der Waals surface area contributed by atoms with Crippen molar-refractivity contribution in [3.05, 3.63) is 0 Å². The fourth-order valence-electron chi connectivity index (χ4n) is 2.22. The van der Waals surface area contributed by atoms with Crippen LogP contribution in [0.5, 0.6) is 0 Å². The first-order valence-electron chi connectivity index (χ1n) is 7.23. The van der Waals surface area contributed by atoms with Gasteiger partial charge in [0.25, 0.3) is 0 Å². The number of ether oxygens (including phenoxy) is 1. The van der Waals surface area contributed by atoms with Crippen LogP contribution in [0.25, 0.3) is 0 Å². The third kappa shape index (κ3) is 6.37. The van der Waals surface area contributed by atoms with Crippen molar-refractivity contribution in [2.24, 2.45) is 11.3 Å². The smallest absolute Gasteiger partial charge is 0.0656 e. The van der Waals surface area contributed by atoms with Crippen LogP contribution in [0, 0.1) is 22.7 Å². The van der Waals surface area contributed by atoms with E-state index in [-0.39, 0.29) is 5.92 Å². The number of nitrogens with zero attached hydrogens (tertiary/aromatic N) is 2. The Morgan fingerprint density at radius 1 is 1.39 bits per heavy atom. The number of hydrogen-bond donors (Lipinski definition) is 0. The van der Waals surface area contributed by atoms with Crippen LogP contribution in [0.1, 0.15) is 46.5 Å². The van der Waals surface area contributed by atoms with Gasteiger partial charge in [-0.2, -0.15) is 5.26 Å². The van der Waals surface area contributed by atoms with Crippen molar-refractivity contribution in [1.29, 1.82) is 5.26 Å². The van der Waals surface area contributed by atoms with Gasteiger partial charge in [0, 0.05) is 25.0 Å². The minimum absolute atomic E-state index is 0.222. The normalized spacial score (nSPS) is 17.6. The molecular weight excluding hydrogens is 224 g/mol. The Kier molecular flexibility index (Phi) is 9.05. The van der Waals surface area contributed by atoms with Gasteiger partial charge < -0.3 is 9.64 Å². The zero-order valence-electron chi connectivity index (χ0n) is 12.8. The SMILES string of the molecule is CC.CCC(C#N)CCN(C)CC1(COC)CC1. The molecule has 1 unspecified atom stereocenters. The predicted molar refractivity (Wildman–Crippen MR) is 76.4 cm³/mol. The van der Waals surface area contributed by atoms with Crippen molar-refractivity contribution >= 4 is 0 Å². The maximum absolute atomic E-state index is 8.88. The maximum atomic E-state index is 8.88. The Morgan fingerprint density at radius 3 is 2.39 bits per heavy atom. The monoisotopic (exact) mass is 254 g/mol. The number of nitriles is 1. The summed E-state index contributed by atoms with van der Waals surface area (Å²) in [4.78, 5) is 2.35. The number of hydrogen-bond acceptors (Lipinski definition) is 3. The van der Waals surface area contributed by atoms with E-state index in [4.69, 9.17) is 10.00 Å². The molecule has 1 aliphatic carbocycles. The fraction of sp³-hybridized carbons (Fsp3) is 0.933. The number of rotatable bonds is 8. The highest BCUT2D eigenvalue weighted by Crippen LogP contribution is 2.46. The minimum Gasteiger partial charge on any atom is -0.384 e. The third-order valence-corrected chi connectivity index (χ3v) is 3.55. The summed E-state index contributed by atoms with van der Waals surface area (Å²) in [5.41, 5.74) is 0.428. The molecule has 0 aromatic rings. The van der Waals surface area contributed by atoms with Crippen molar-refractivity contribution in [3.63, 3.8) is 0 Å². The third-order valence-electron chi connectivity index (χ3n) is 3.55. The molecule has 18 heavy (non-hydrogen) atoms. The van der Waals surface area contributed by atoms with Crippen molar-refractivity contribution in [3.8, 4) is 6.07 Å². The minimum atomic E-state index is 0.222. The highest BCUT2D eigenvalue weighted by molar-refractivity contribution is 4.95. The fourth-order valence-corrected chi connectivity index (χ4v) is 2.22. The van der Waals surface area contributed by atoms with Crippen LogP contribution in [-0.2, 0) is 4.74 Å². The molecule has 0 radical (unpaired) electrons. The Balaban J connectivity index is 0.00000137. The standard InChI is InChI=1S/C13H24N2O.C2H6/c1-4-12(9-14)5-8-15(2)10-13(6-7-13)11-16-3;1-2/h12H,4-8,10-11H2,1-3H3;1-2H3. The summed E-state index contributed by atoms with van der Waals surface area (Å²) in [6.07, 6.45) is 4.54. The first-order chi connectivity index (χ1) is 8.65. The van der Waals surface area contributed by atoms with Crippen molar-refractivity contribution in [2.45, 2.75) is 46.5 Å². The lowest BCUT2D eigenvalue weighted by atomic mass is 10.0. The van der Waals surface area contributed by atoms with Crippen LogP contribution >= 0.6 is 0 Å². The molecular formula is C15H30N2O. The summed E-state index contributed by atoms with van der Waals surface area (Å²) >= 11 is 0. The molecule has 3 heteroatoms. The lowest BCUT2D eigenvalue weighted by Gasteiger charge is -2.23. The molecule has 0 N–H and O–H groups in total. The molecule has 0 aliphatic heterocycles. The highest BCUT2D eigenvalue weighted by Gasteiger charge is 2.43. The van der Waals surface area contributed by atoms with E-state index >= 15 is 0 Å². The van der Waals surface area contributed by atoms with Crippen molar-refractivity contribution in [2.75, 3.05) is 33.9 Å². The van der Waals surface area contributed by atoms with E-state index in [0.29, 0.717) is 5.41 Å². The van der Waals surface area contributed by atoms with Crippen molar-refractivity contribution in [1.82, 2.24) is 4.90 Å². The van der Waals surface area contributed by atoms with Crippen LogP contribution < -0.4 is 0 Å². The molecule has 1 saturated carbocycles. The van der Waals surface area contributed by atoms with Crippen LogP contribution in [0.4, 0.5) is 0 Å². The maximum Gasteiger partial charge on any atom is 0.0656 e. The van der Waals surface area contributed by atoms with E-state index in [1.165, 1.54) is 12.8 Å². The molecule has 0 spiro atoms. The predicted octanol–water partition coefficient (Wildman–Crippen LogP) is 3.31. The molecule has 1 fully saturated rings. The van der Waals surface area contributed by atoms with Gasteiger partial charge in [-0.15, -0.1) is 0 Å². The van der Waals surface area contributed by atoms with E-state index in [9.17, 15) is 0 Å². The molecule has 0 saturated heterocycles. The van der Waals surface area contributed by atoms with Gasteiger partial charge in [-0.1, -0.05) is 20.8 Å². The Hall–Kier alpha value is -0.590.